The van der Waals surface area contributed by atoms with E-state index in [0.717, 1.165) is 27.3 Å². The maximum Gasteiger partial charge on any atom is 0.122 e. The first-order valence-electron chi connectivity index (χ1n) is 6.35. The maximum atomic E-state index is 5.64. The third kappa shape index (κ3) is 4.17. The molecule has 2 aromatic carbocycles. The first kappa shape index (κ1) is 14.7. The third-order valence-electron chi connectivity index (χ3n) is 2.81. The van der Waals surface area contributed by atoms with Crippen LogP contribution in [0.3, 0.4) is 0 Å². The molecule has 0 aliphatic carbocycles. The van der Waals surface area contributed by atoms with E-state index in [4.69, 9.17) is 14.2 Å². The molecule has 0 aliphatic heterocycles. The standard InChI is InChI=1S/C16H17BrO3/c1-12-11-15(7-8-16(12)17)20-10-9-19-14-5-3-13(18-2)4-6-14/h3-8,11H,9-10H2,1-2H3. The van der Waals surface area contributed by atoms with Gasteiger partial charge in [0.15, 0.2) is 0 Å². The van der Waals surface area contributed by atoms with E-state index in [1.165, 1.54) is 0 Å². The number of hydrogen-bond acceptors (Lipinski definition) is 3. The predicted octanol–water partition coefficient (Wildman–Crippen LogP) is 4.22. The minimum atomic E-state index is 0.501. The summed E-state index contributed by atoms with van der Waals surface area (Å²) < 4.78 is 17.4. The summed E-state index contributed by atoms with van der Waals surface area (Å²) in [5.41, 5.74) is 1.15. The molecule has 0 bridgehead atoms. The Labute approximate surface area is 127 Å². The lowest BCUT2D eigenvalue weighted by molar-refractivity contribution is 0.217. The Morgan fingerprint density at radius 2 is 1.40 bits per heavy atom. The SMILES string of the molecule is COc1ccc(OCCOc2ccc(Br)c(C)c2)cc1. The summed E-state index contributed by atoms with van der Waals surface area (Å²) in [6, 6.07) is 13.4. The Bertz CT molecular complexity index is 552. The van der Waals surface area contributed by atoms with Crippen LogP contribution in [0.1, 0.15) is 5.56 Å². The van der Waals surface area contributed by atoms with Gasteiger partial charge in [-0.3, -0.25) is 0 Å². The largest absolute Gasteiger partial charge is 0.497 e. The van der Waals surface area contributed by atoms with Crippen molar-refractivity contribution in [3.8, 4) is 17.2 Å². The normalized spacial score (nSPS) is 10.2. The van der Waals surface area contributed by atoms with Crippen LogP contribution in [0.15, 0.2) is 46.9 Å². The van der Waals surface area contributed by atoms with Gasteiger partial charge in [-0.1, -0.05) is 15.9 Å². The molecule has 2 aromatic rings. The zero-order chi connectivity index (χ0) is 14.4. The highest BCUT2D eigenvalue weighted by molar-refractivity contribution is 9.10. The fourth-order valence-corrected chi connectivity index (χ4v) is 1.94. The fourth-order valence-electron chi connectivity index (χ4n) is 1.70. The van der Waals surface area contributed by atoms with E-state index in [-0.39, 0.29) is 0 Å². The molecule has 0 saturated carbocycles. The summed E-state index contributed by atoms with van der Waals surface area (Å²) in [5, 5.41) is 0. The Balaban J connectivity index is 1.76. The van der Waals surface area contributed by atoms with Gasteiger partial charge >= 0.3 is 0 Å². The number of benzene rings is 2. The average molecular weight is 337 g/mol. The molecular weight excluding hydrogens is 320 g/mol. The molecule has 0 amide bonds. The van der Waals surface area contributed by atoms with Crippen LogP contribution < -0.4 is 14.2 Å². The minimum absolute atomic E-state index is 0.501. The second kappa shape index (κ2) is 7.20. The maximum absolute atomic E-state index is 5.64. The van der Waals surface area contributed by atoms with Gasteiger partial charge in [-0.05, 0) is 55.0 Å². The summed E-state index contributed by atoms with van der Waals surface area (Å²) in [5.74, 6) is 2.48. The van der Waals surface area contributed by atoms with Crippen LogP contribution in [-0.2, 0) is 0 Å². The zero-order valence-electron chi connectivity index (χ0n) is 11.6. The molecule has 0 heterocycles. The third-order valence-corrected chi connectivity index (χ3v) is 3.70. The number of aryl methyl sites for hydroxylation is 1. The molecule has 0 aliphatic rings. The summed E-state index contributed by atoms with van der Waals surface area (Å²) >= 11 is 3.46. The number of rotatable bonds is 6. The molecule has 0 aromatic heterocycles. The molecular formula is C16H17BrO3. The first-order chi connectivity index (χ1) is 9.69. The molecule has 106 valence electrons. The monoisotopic (exact) mass is 336 g/mol. The van der Waals surface area contributed by atoms with E-state index in [1.54, 1.807) is 7.11 Å². The summed E-state index contributed by atoms with van der Waals surface area (Å²) in [7, 11) is 1.64. The average Bonchev–Trinajstić information content (AvgIpc) is 2.48. The van der Waals surface area contributed by atoms with Crippen LogP contribution in [0.5, 0.6) is 17.2 Å². The van der Waals surface area contributed by atoms with Gasteiger partial charge < -0.3 is 14.2 Å². The molecule has 0 N–H and O–H groups in total. The van der Waals surface area contributed by atoms with Crippen molar-refractivity contribution in [2.24, 2.45) is 0 Å². The van der Waals surface area contributed by atoms with Gasteiger partial charge in [0.1, 0.15) is 30.5 Å². The minimum Gasteiger partial charge on any atom is -0.497 e. The lowest BCUT2D eigenvalue weighted by Gasteiger charge is -2.09. The van der Waals surface area contributed by atoms with Crippen LogP contribution >= 0.6 is 15.9 Å². The van der Waals surface area contributed by atoms with Crippen LogP contribution in [-0.4, -0.2) is 20.3 Å². The lowest BCUT2D eigenvalue weighted by atomic mass is 10.2. The second-order valence-corrected chi connectivity index (χ2v) is 5.14. The molecule has 0 unspecified atom stereocenters. The topological polar surface area (TPSA) is 27.7 Å². The van der Waals surface area contributed by atoms with Crippen molar-refractivity contribution in [3.63, 3.8) is 0 Å². The van der Waals surface area contributed by atoms with E-state index in [1.807, 2.05) is 49.4 Å². The number of halogens is 1. The highest BCUT2D eigenvalue weighted by Crippen LogP contribution is 2.21. The highest BCUT2D eigenvalue weighted by atomic mass is 79.9. The lowest BCUT2D eigenvalue weighted by Crippen LogP contribution is -2.09. The zero-order valence-corrected chi connectivity index (χ0v) is 13.1. The quantitative estimate of drug-likeness (QED) is 0.739. The van der Waals surface area contributed by atoms with E-state index < -0.39 is 0 Å². The highest BCUT2D eigenvalue weighted by Gasteiger charge is 1.99. The van der Waals surface area contributed by atoms with Crippen LogP contribution in [0, 0.1) is 6.92 Å². The summed E-state index contributed by atoms with van der Waals surface area (Å²) in [6.07, 6.45) is 0. The number of methoxy groups -OCH3 is 1. The predicted molar refractivity (Wildman–Crippen MR) is 82.9 cm³/mol. The van der Waals surface area contributed by atoms with E-state index >= 15 is 0 Å². The van der Waals surface area contributed by atoms with Crippen LogP contribution in [0.2, 0.25) is 0 Å². The Morgan fingerprint density at radius 1 is 0.850 bits per heavy atom. The molecule has 0 fully saturated rings. The molecule has 0 radical (unpaired) electrons. The van der Waals surface area contributed by atoms with E-state index in [2.05, 4.69) is 15.9 Å². The number of ether oxygens (including phenoxy) is 3. The van der Waals surface area contributed by atoms with Crippen molar-refractivity contribution in [3.05, 3.63) is 52.5 Å². The van der Waals surface area contributed by atoms with E-state index in [0.29, 0.717) is 13.2 Å². The molecule has 3 nitrogen and oxygen atoms in total. The van der Waals surface area contributed by atoms with Crippen molar-refractivity contribution < 1.29 is 14.2 Å². The van der Waals surface area contributed by atoms with Gasteiger partial charge in [0.25, 0.3) is 0 Å². The molecule has 4 heteroatoms. The summed E-state index contributed by atoms with van der Waals surface area (Å²) in [6.45, 7) is 3.04. The van der Waals surface area contributed by atoms with Gasteiger partial charge in [0.2, 0.25) is 0 Å². The van der Waals surface area contributed by atoms with Crippen molar-refractivity contribution >= 4 is 15.9 Å². The Hall–Kier alpha value is -1.68. The van der Waals surface area contributed by atoms with Crippen molar-refractivity contribution in [2.45, 2.75) is 6.92 Å². The first-order valence-corrected chi connectivity index (χ1v) is 7.14. The van der Waals surface area contributed by atoms with Crippen LogP contribution in [0.25, 0.3) is 0 Å². The summed E-state index contributed by atoms with van der Waals surface area (Å²) in [4.78, 5) is 0. The molecule has 2 rings (SSSR count). The number of hydrogen-bond donors (Lipinski definition) is 0. The van der Waals surface area contributed by atoms with Crippen molar-refractivity contribution in [1.82, 2.24) is 0 Å². The molecule has 0 atom stereocenters. The Kier molecular flexibility index (Phi) is 5.30. The van der Waals surface area contributed by atoms with Crippen molar-refractivity contribution in [2.75, 3.05) is 20.3 Å². The van der Waals surface area contributed by atoms with Gasteiger partial charge in [0.05, 0.1) is 7.11 Å². The van der Waals surface area contributed by atoms with Gasteiger partial charge in [0, 0.05) is 4.47 Å². The molecule has 0 saturated heterocycles. The van der Waals surface area contributed by atoms with Gasteiger partial charge in [-0.15, -0.1) is 0 Å². The molecule has 20 heavy (non-hydrogen) atoms. The van der Waals surface area contributed by atoms with Crippen LogP contribution in [0.4, 0.5) is 0 Å². The van der Waals surface area contributed by atoms with E-state index in [9.17, 15) is 0 Å². The molecule has 0 spiro atoms. The smallest absolute Gasteiger partial charge is 0.122 e. The fraction of sp³-hybridized carbons (Fsp3) is 0.250. The van der Waals surface area contributed by atoms with Crippen molar-refractivity contribution in [1.29, 1.82) is 0 Å². The van der Waals surface area contributed by atoms with Gasteiger partial charge in [-0.25, -0.2) is 0 Å². The second-order valence-electron chi connectivity index (χ2n) is 4.28. The van der Waals surface area contributed by atoms with Gasteiger partial charge in [-0.2, -0.15) is 0 Å². The Morgan fingerprint density at radius 3 is 2.00 bits per heavy atom.